The minimum Gasteiger partial charge on any atom is -0.372 e. The summed E-state index contributed by atoms with van der Waals surface area (Å²) in [5.41, 5.74) is 0.0728. The van der Waals surface area contributed by atoms with E-state index >= 15 is 0 Å². The Kier molecular flexibility index (Phi) is 2.85. The van der Waals surface area contributed by atoms with E-state index in [1.165, 1.54) is 0 Å². The molecule has 0 saturated carbocycles. The Morgan fingerprint density at radius 3 is 2.67 bits per heavy atom. The largest absolute Gasteiger partial charge is 0.372 e. The van der Waals surface area contributed by atoms with Gasteiger partial charge in [0, 0.05) is 12.1 Å². The van der Waals surface area contributed by atoms with Crippen molar-refractivity contribution in [2.75, 3.05) is 26.3 Å². The Labute approximate surface area is 73.7 Å². The fourth-order valence-corrected chi connectivity index (χ4v) is 1.27. The van der Waals surface area contributed by atoms with Crippen molar-refractivity contribution in [1.82, 2.24) is 4.90 Å². The molecule has 0 amide bonds. The van der Waals surface area contributed by atoms with Crippen LogP contribution in [0.5, 0.6) is 0 Å². The molecule has 70 valence electrons. The average Bonchev–Trinajstić information content (AvgIpc) is 2.11. The molecular weight excluding hydrogens is 154 g/mol. The number of rotatable bonds is 0. The van der Waals surface area contributed by atoms with Gasteiger partial charge in [-0.25, -0.2) is 0 Å². The van der Waals surface area contributed by atoms with E-state index in [4.69, 9.17) is 4.74 Å². The van der Waals surface area contributed by atoms with Crippen molar-refractivity contribution in [3.8, 4) is 0 Å². The van der Waals surface area contributed by atoms with Gasteiger partial charge in [-0.15, -0.1) is 0 Å². The molecule has 3 nitrogen and oxygen atoms in total. The van der Waals surface area contributed by atoms with Gasteiger partial charge < -0.3 is 4.74 Å². The molecule has 0 aromatic rings. The lowest BCUT2D eigenvalue weighted by atomic mass is 10.1. The second kappa shape index (κ2) is 3.54. The SMILES string of the molecule is CC(C)(C)N1CCOCC(=O)C1. The Morgan fingerprint density at radius 2 is 2.08 bits per heavy atom. The first-order valence-electron chi connectivity index (χ1n) is 4.34. The number of ether oxygens (including phenoxy) is 1. The molecule has 1 heterocycles. The molecule has 0 unspecified atom stereocenters. The van der Waals surface area contributed by atoms with Gasteiger partial charge in [-0.3, -0.25) is 9.69 Å². The lowest BCUT2D eigenvalue weighted by Crippen LogP contribution is -2.44. The number of hydrogen-bond acceptors (Lipinski definition) is 3. The third-order valence-corrected chi connectivity index (χ3v) is 2.08. The predicted octanol–water partition coefficient (Wildman–Crippen LogP) is 0.686. The fourth-order valence-electron chi connectivity index (χ4n) is 1.27. The van der Waals surface area contributed by atoms with Crippen LogP contribution in [-0.2, 0) is 9.53 Å². The van der Waals surface area contributed by atoms with E-state index in [2.05, 4.69) is 25.7 Å². The van der Waals surface area contributed by atoms with Gasteiger partial charge in [-0.2, -0.15) is 0 Å². The quantitative estimate of drug-likeness (QED) is 0.537. The molecule has 3 heteroatoms. The topological polar surface area (TPSA) is 29.5 Å². The zero-order chi connectivity index (χ0) is 9.19. The summed E-state index contributed by atoms with van der Waals surface area (Å²) >= 11 is 0. The second-order valence-electron chi connectivity index (χ2n) is 4.18. The Balaban J connectivity index is 2.58. The summed E-state index contributed by atoms with van der Waals surface area (Å²) in [5.74, 6) is 0.183. The monoisotopic (exact) mass is 171 g/mol. The highest BCUT2D eigenvalue weighted by Crippen LogP contribution is 2.13. The molecule has 0 bridgehead atoms. The van der Waals surface area contributed by atoms with Crippen molar-refractivity contribution in [3.63, 3.8) is 0 Å². The third kappa shape index (κ3) is 2.57. The first-order chi connectivity index (χ1) is 5.50. The average molecular weight is 171 g/mol. The number of carbonyl (C=O) groups excluding carboxylic acids is 1. The van der Waals surface area contributed by atoms with Crippen molar-refractivity contribution in [3.05, 3.63) is 0 Å². The molecule has 0 aliphatic carbocycles. The molecular formula is C9H17NO2. The summed E-state index contributed by atoms with van der Waals surface area (Å²) in [6.07, 6.45) is 0. The first-order valence-corrected chi connectivity index (χ1v) is 4.34. The van der Waals surface area contributed by atoms with E-state index in [1.807, 2.05) is 0 Å². The normalized spacial score (nSPS) is 22.4. The maximum Gasteiger partial charge on any atom is 0.172 e. The van der Waals surface area contributed by atoms with Gasteiger partial charge in [0.2, 0.25) is 0 Å². The van der Waals surface area contributed by atoms with E-state index < -0.39 is 0 Å². The predicted molar refractivity (Wildman–Crippen MR) is 47.2 cm³/mol. The van der Waals surface area contributed by atoms with Crippen molar-refractivity contribution in [2.45, 2.75) is 26.3 Å². The van der Waals surface area contributed by atoms with Gasteiger partial charge in [-0.1, -0.05) is 0 Å². The van der Waals surface area contributed by atoms with E-state index in [-0.39, 0.29) is 17.9 Å². The standard InChI is InChI=1S/C9H17NO2/c1-9(2,3)10-4-5-12-7-8(11)6-10/h4-7H2,1-3H3. The lowest BCUT2D eigenvalue weighted by Gasteiger charge is -2.33. The van der Waals surface area contributed by atoms with Crippen LogP contribution < -0.4 is 0 Å². The van der Waals surface area contributed by atoms with Gasteiger partial charge in [0.05, 0.1) is 13.2 Å². The molecule has 0 spiro atoms. The van der Waals surface area contributed by atoms with Gasteiger partial charge in [-0.05, 0) is 20.8 Å². The molecule has 1 aliphatic rings. The summed E-state index contributed by atoms with van der Waals surface area (Å²) in [5, 5.41) is 0. The minimum atomic E-state index is 0.0728. The lowest BCUT2D eigenvalue weighted by molar-refractivity contribution is -0.123. The molecule has 0 radical (unpaired) electrons. The summed E-state index contributed by atoms with van der Waals surface area (Å²) < 4.78 is 5.14. The first kappa shape index (κ1) is 9.68. The highest BCUT2D eigenvalue weighted by Gasteiger charge is 2.25. The highest BCUT2D eigenvalue weighted by molar-refractivity contribution is 5.81. The van der Waals surface area contributed by atoms with Crippen molar-refractivity contribution >= 4 is 5.78 Å². The number of Topliss-reactive ketones (excluding diaryl/α,β-unsaturated/α-hetero) is 1. The van der Waals surface area contributed by atoms with Gasteiger partial charge in [0.1, 0.15) is 6.61 Å². The molecule has 0 atom stereocenters. The number of nitrogens with zero attached hydrogens (tertiary/aromatic N) is 1. The number of hydrogen-bond donors (Lipinski definition) is 0. The molecule has 0 aromatic carbocycles. The maximum atomic E-state index is 11.2. The van der Waals surface area contributed by atoms with Crippen LogP contribution in [0, 0.1) is 0 Å². The van der Waals surface area contributed by atoms with E-state index in [9.17, 15) is 4.79 Å². The maximum absolute atomic E-state index is 11.2. The van der Waals surface area contributed by atoms with Crippen molar-refractivity contribution < 1.29 is 9.53 Å². The van der Waals surface area contributed by atoms with E-state index in [0.717, 1.165) is 6.54 Å². The Hall–Kier alpha value is -0.410. The van der Waals surface area contributed by atoms with Crippen LogP contribution in [0.2, 0.25) is 0 Å². The molecule has 1 fully saturated rings. The zero-order valence-electron chi connectivity index (χ0n) is 8.09. The summed E-state index contributed by atoms with van der Waals surface area (Å²) in [7, 11) is 0. The van der Waals surface area contributed by atoms with Crippen LogP contribution in [0.25, 0.3) is 0 Å². The molecule has 1 aliphatic heterocycles. The zero-order valence-corrected chi connectivity index (χ0v) is 8.09. The van der Waals surface area contributed by atoms with Crippen LogP contribution in [0.1, 0.15) is 20.8 Å². The molecule has 12 heavy (non-hydrogen) atoms. The van der Waals surface area contributed by atoms with Crippen LogP contribution in [0.3, 0.4) is 0 Å². The van der Waals surface area contributed by atoms with Crippen LogP contribution in [0.15, 0.2) is 0 Å². The molecule has 0 N–H and O–H groups in total. The van der Waals surface area contributed by atoms with Gasteiger partial charge >= 0.3 is 0 Å². The van der Waals surface area contributed by atoms with Gasteiger partial charge in [0.15, 0.2) is 5.78 Å². The van der Waals surface area contributed by atoms with E-state index in [1.54, 1.807) is 0 Å². The van der Waals surface area contributed by atoms with E-state index in [0.29, 0.717) is 13.2 Å². The summed E-state index contributed by atoms with van der Waals surface area (Å²) in [6, 6.07) is 0. The highest BCUT2D eigenvalue weighted by atomic mass is 16.5. The Morgan fingerprint density at radius 1 is 1.42 bits per heavy atom. The second-order valence-corrected chi connectivity index (χ2v) is 4.18. The van der Waals surface area contributed by atoms with Crippen LogP contribution >= 0.6 is 0 Å². The van der Waals surface area contributed by atoms with Crippen molar-refractivity contribution in [2.24, 2.45) is 0 Å². The minimum absolute atomic E-state index is 0.0728. The number of ketones is 1. The van der Waals surface area contributed by atoms with Gasteiger partial charge in [0.25, 0.3) is 0 Å². The molecule has 1 saturated heterocycles. The smallest absolute Gasteiger partial charge is 0.172 e. The molecule has 0 aromatic heterocycles. The van der Waals surface area contributed by atoms with Crippen LogP contribution in [-0.4, -0.2) is 42.5 Å². The third-order valence-electron chi connectivity index (χ3n) is 2.08. The number of carbonyl (C=O) groups is 1. The van der Waals surface area contributed by atoms with Crippen molar-refractivity contribution in [1.29, 1.82) is 0 Å². The Bertz CT molecular complexity index is 172. The summed E-state index contributed by atoms with van der Waals surface area (Å²) in [6.45, 7) is 8.69. The molecule has 1 rings (SSSR count). The summed E-state index contributed by atoms with van der Waals surface area (Å²) in [4.78, 5) is 13.3. The fraction of sp³-hybridized carbons (Fsp3) is 0.889. The van der Waals surface area contributed by atoms with Crippen LogP contribution in [0.4, 0.5) is 0 Å².